The van der Waals surface area contributed by atoms with Crippen molar-refractivity contribution in [3.05, 3.63) is 46.8 Å². The molecule has 1 saturated heterocycles. The number of hydrogen-bond acceptors (Lipinski definition) is 4. The van der Waals surface area contributed by atoms with Gasteiger partial charge in [0.15, 0.2) is 5.78 Å². The Hall–Kier alpha value is -2.45. The first-order chi connectivity index (χ1) is 14.8. The zero-order chi connectivity index (χ0) is 22.6. The van der Waals surface area contributed by atoms with Crippen molar-refractivity contribution in [2.75, 3.05) is 18.4 Å². The number of carbonyl (C=O) groups is 2. The van der Waals surface area contributed by atoms with Gasteiger partial charge in [0, 0.05) is 30.0 Å². The van der Waals surface area contributed by atoms with Crippen molar-refractivity contribution in [2.45, 2.75) is 64.2 Å². The maximum Gasteiger partial charge on any atom is 0.272 e. The highest BCUT2D eigenvalue weighted by atomic mass is 32.2. The molecule has 8 heteroatoms. The van der Waals surface area contributed by atoms with E-state index in [1.807, 2.05) is 6.92 Å². The number of Topliss-reactive ketones (excluding diaryl/α,β-unsaturated/α-hetero) is 1. The lowest BCUT2D eigenvalue weighted by atomic mass is 10.0. The predicted molar refractivity (Wildman–Crippen MR) is 121 cm³/mol. The number of aryl methyl sites for hydroxylation is 1. The summed E-state index contributed by atoms with van der Waals surface area (Å²) in [5.74, 6) is -0.467. The summed E-state index contributed by atoms with van der Waals surface area (Å²) in [7, 11) is -3.61. The predicted octanol–water partition coefficient (Wildman–Crippen LogP) is 4.30. The molecule has 1 aliphatic heterocycles. The van der Waals surface area contributed by atoms with E-state index in [1.165, 1.54) is 17.3 Å². The highest BCUT2D eigenvalue weighted by Gasteiger charge is 2.26. The summed E-state index contributed by atoms with van der Waals surface area (Å²) in [6, 6.07) is 6.36. The molecule has 31 heavy (non-hydrogen) atoms. The van der Waals surface area contributed by atoms with E-state index in [0.29, 0.717) is 47.7 Å². The SMILES string of the molecule is CCCc1c(C(=O)Nc2cccc(S(=O)(=O)N3CCCCCC3)c2)[nH]c(C)c1C(C)=O. The van der Waals surface area contributed by atoms with E-state index in [4.69, 9.17) is 0 Å². The maximum absolute atomic E-state index is 13.1. The lowest BCUT2D eigenvalue weighted by molar-refractivity contribution is 0.101. The van der Waals surface area contributed by atoms with Crippen molar-refractivity contribution in [2.24, 2.45) is 0 Å². The molecule has 2 heterocycles. The molecule has 1 fully saturated rings. The van der Waals surface area contributed by atoms with Gasteiger partial charge in [0.05, 0.1) is 4.90 Å². The Labute approximate surface area is 184 Å². The molecule has 0 bridgehead atoms. The summed E-state index contributed by atoms with van der Waals surface area (Å²) >= 11 is 0. The molecule has 0 radical (unpaired) electrons. The number of nitrogens with one attached hydrogen (secondary N) is 2. The molecule has 2 aromatic rings. The van der Waals surface area contributed by atoms with Gasteiger partial charge in [-0.05, 0) is 56.9 Å². The number of rotatable bonds is 7. The Balaban J connectivity index is 1.87. The third-order valence-corrected chi connectivity index (χ3v) is 7.56. The average Bonchev–Trinajstić information content (AvgIpc) is 2.89. The molecule has 0 aliphatic carbocycles. The third kappa shape index (κ3) is 5.07. The minimum Gasteiger partial charge on any atom is -0.354 e. The summed E-state index contributed by atoms with van der Waals surface area (Å²) in [4.78, 5) is 28.3. The van der Waals surface area contributed by atoms with Crippen LogP contribution in [-0.2, 0) is 16.4 Å². The molecular weight excluding hydrogens is 414 g/mol. The fraction of sp³-hybridized carbons (Fsp3) is 0.478. The highest BCUT2D eigenvalue weighted by Crippen LogP contribution is 2.25. The van der Waals surface area contributed by atoms with Crippen LogP contribution in [-0.4, -0.2) is 42.5 Å². The summed E-state index contributed by atoms with van der Waals surface area (Å²) in [5, 5.41) is 2.80. The van der Waals surface area contributed by atoms with Crippen molar-refractivity contribution >= 4 is 27.4 Å². The number of anilines is 1. The van der Waals surface area contributed by atoms with E-state index < -0.39 is 10.0 Å². The number of sulfonamides is 1. The molecular formula is C23H31N3O4S. The first-order valence-corrected chi connectivity index (χ1v) is 12.3. The van der Waals surface area contributed by atoms with Crippen LogP contribution in [0, 0.1) is 6.92 Å². The molecule has 0 atom stereocenters. The van der Waals surface area contributed by atoms with E-state index in [2.05, 4.69) is 10.3 Å². The highest BCUT2D eigenvalue weighted by molar-refractivity contribution is 7.89. The first-order valence-electron chi connectivity index (χ1n) is 10.9. The van der Waals surface area contributed by atoms with Crippen LogP contribution in [0.25, 0.3) is 0 Å². The molecule has 1 amide bonds. The fourth-order valence-electron chi connectivity index (χ4n) is 4.21. The Kier molecular flexibility index (Phi) is 7.33. The zero-order valence-electron chi connectivity index (χ0n) is 18.5. The van der Waals surface area contributed by atoms with Gasteiger partial charge in [-0.3, -0.25) is 9.59 Å². The second-order valence-corrected chi connectivity index (χ2v) is 10.0. The van der Waals surface area contributed by atoms with Gasteiger partial charge in [0.25, 0.3) is 5.91 Å². The van der Waals surface area contributed by atoms with E-state index in [9.17, 15) is 18.0 Å². The van der Waals surface area contributed by atoms with Crippen molar-refractivity contribution in [1.29, 1.82) is 0 Å². The van der Waals surface area contributed by atoms with Gasteiger partial charge in [-0.1, -0.05) is 32.3 Å². The van der Waals surface area contributed by atoms with Crippen LogP contribution in [0.1, 0.15) is 78.1 Å². The van der Waals surface area contributed by atoms with Crippen molar-refractivity contribution in [1.82, 2.24) is 9.29 Å². The number of amides is 1. The quantitative estimate of drug-likeness (QED) is 0.621. The third-order valence-electron chi connectivity index (χ3n) is 5.66. The van der Waals surface area contributed by atoms with Gasteiger partial charge in [0.2, 0.25) is 10.0 Å². The summed E-state index contributed by atoms with van der Waals surface area (Å²) in [5.41, 5.74) is 2.69. The number of aromatic nitrogens is 1. The van der Waals surface area contributed by atoms with Gasteiger partial charge in [-0.25, -0.2) is 8.42 Å². The molecule has 1 aliphatic rings. The van der Waals surface area contributed by atoms with Crippen LogP contribution in [0.5, 0.6) is 0 Å². The Morgan fingerprint density at radius 2 is 1.81 bits per heavy atom. The summed E-state index contributed by atoms with van der Waals surface area (Å²) < 4.78 is 27.7. The van der Waals surface area contributed by atoms with E-state index in [-0.39, 0.29) is 16.6 Å². The monoisotopic (exact) mass is 445 g/mol. The molecule has 7 nitrogen and oxygen atoms in total. The number of nitrogens with zero attached hydrogens (tertiary/aromatic N) is 1. The van der Waals surface area contributed by atoms with E-state index in [0.717, 1.165) is 32.1 Å². The lowest BCUT2D eigenvalue weighted by Gasteiger charge is -2.20. The molecule has 2 N–H and O–H groups in total. The number of hydrogen-bond donors (Lipinski definition) is 2. The van der Waals surface area contributed by atoms with Crippen LogP contribution < -0.4 is 5.32 Å². The van der Waals surface area contributed by atoms with E-state index >= 15 is 0 Å². The van der Waals surface area contributed by atoms with Gasteiger partial charge >= 0.3 is 0 Å². The molecule has 1 aromatic carbocycles. The van der Waals surface area contributed by atoms with Crippen molar-refractivity contribution in [3.8, 4) is 0 Å². The Morgan fingerprint density at radius 1 is 1.13 bits per heavy atom. The average molecular weight is 446 g/mol. The zero-order valence-corrected chi connectivity index (χ0v) is 19.3. The number of aromatic amines is 1. The number of H-pyrrole nitrogens is 1. The Bertz CT molecular complexity index is 1060. The van der Waals surface area contributed by atoms with Gasteiger partial charge in [-0.2, -0.15) is 4.31 Å². The number of benzene rings is 1. The van der Waals surface area contributed by atoms with Crippen molar-refractivity contribution in [3.63, 3.8) is 0 Å². The Morgan fingerprint density at radius 3 is 2.42 bits per heavy atom. The van der Waals surface area contributed by atoms with Crippen LogP contribution >= 0.6 is 0 Å². The number of ketones is 1. The first kappa shape index (κ1) is 23.2. The topological polar surface area (TPSA) is 99.3 Å². The molecule has 3 rings (SSSR count). The smallest absolute Gasteiger partial charge is 0.272 e. The largest absolute Gasteiger partial charge is 0.354 e. The summed E-state index contributed by atoms with van der Waals surface area (Å²) in [6.45, 7) is 6.31. The minimum atomic E-state index is -3.61. The molecule has 168 valence electrons. The lowest BCUT2D eigenvalue weighted by Crippen LogP contribution is -2.32. The molecule has 1 aromatic heterocycles. The summed E-state index contributed by atoms with van der Waals surface area (Å²) in [6.07, 6.45) is 5.20. The fourth-order valence-corrected chi connectivity index (χ4v) is 5.77. The van der Waals surface area contributed by atoms with E-state index in [1.54, 1.807) is 25.1 Å². The second kappa shape index (κ2) is 9.78. The second-order valence-electron chi connectivity index (χ2n) is 8.08. The normalized spacial score (nSPS) is 15.5. The van der Waals surface area contributed by atoms with Gasteiger partial charge in [-0.15, -0.1) is 0 Å². The van der Waals surface area contributed by atoms with Crippen LogP contribution in [0.4, 0.5) is 5.69 Å². The standard InChI is InChI=1S/C23H31N3O4S/c1-4-10-20-21(17(3)27)16(2)24-22(20)23(28)25-18-11-9-12-19(15-18)31(29,30)26-13-7-5-6-8-14-26/h9,11-12,15,24H,4-8,10,13-14H2,1-3H3,(H,25,28). The van der Waals surface area contributed by atoms with Crippen LogP contribution in [0.15, 0.2) is 29.2 Å². The van der Waals surface area contributed by atoms with Crippen molar-refractivity contribution < 1.29 is 18.0 Å². The van der Waals surface area contributed by atoms with Crippen LogP contribution in [0.3, 0.4) is 0 Å². The van der Waals surface area contributed by atoms with Crippen LogP contribution in [0.2, 0.25) is 0 Å². The molecule has 0 unspecified atom stereocenters. The van der Waals surface area contributed by atoms with Gasteiger partial charge < -0.3 is 10.3 Å². The molecule has 0 saturated carbocycles. The number of carbonyl (C=O) groups excluding carboxylic acids is 2. The van der Waals surface area contributed by atoms with Gasteiger partial charge in [0.1, 0.15) is 5.69 Å². The maximum atomic E-state index is 13.1. The molecule has 0 spiro atoms. The minimum absolute atomic E-state index is 0.0817.